The number of aliphatic hydroxyl groups excluding tert-OH is 1. The Hall–Kier alpha value is -2.00. The molecule has 0 bridgehead atoms. The SMILES string of the molecule is CCC(C(C)O)C1CCC(C)(C2C(=O)CC3(C)C4CC(OC(=O)C(NC(=O)OC(C)(C)C)C(C)C)C5C(C)(C)C(=O)CCC56CC46CCC23C)O1. The number of aliphatic hydroxyl groups is 1. The lowest BCUT2D eigenvalue weighted by atomic mass is 9.41. The van der Waals surface area contributed by atoms with Crippen LogP contribution >= 0.6 is 0 Å². The topological polar surface area (TPSA) is 128 Å². The Labute approximate surface area is 306 Å². The Kier molecular flexibility index (Phi) is 9.31. The number of esters is 1. The van der Waals surface area contributed by atoms with Crippen molar-refractivity contribution in [3.63, 3.8) is 0 Å². The third kappa shape index (κ3) is 5.66. The molecule has 6 rings (SSSR count). The van der Waals surface area contributed by atoms with E-state index >= 15 is 0 Å². The van der Waals surface area contributed by atoms with E-state index in [0.29, 0.717) is 19.3 Å². The predicted molar refractivity (Wildman–Crippen MR) is 194 cm³/mol. The summed E-state index contributed by atoms with van der Waals surface area (Å²) in [5.74, 6) is -0.475. The average molecular weight is 714 g/mol. The molecule has 2 spiro atoms. The molecular weight excluding hydrogens is 646 g/mol. The van der Waals surface area contributed by atoms with Gasteiger partial charge in [0.1, 0.15) is 29.3 Å². The van der Waals surface area contributed by atoms with Gasteiger partial charge in [0.2, 0.25) is 0 Å². The van der Waals surface area contributed by atoms with Gasteiger partial charge in [-0.25, -0.2) is 9.59 Å². The molecule has 0 aromatic heterocycles. The summed E-state index contributed by atoms with van der Waals surface area (Å²) in [4.78, 5) is 55.2. The second kappa shape index (κ2) is 12.3. The van der Waals surface area contributed by atoms with E-state index in [4.69, 9.17) is 14.2 Å². The number of carbonyl (C=O) groups is 4. The van der Waals surface area contributed by atoms with Crippen molar-refractivity contribution in [1.29, 1.82) is 0 Å². The first-order valence-corrected chi connectivity index (χ1v) is 20.0. The van der Waals surface area contributed by atoms with Crippen molar-refractivity contribution >= 4 is 23.6 Å². The zero-order valence-electron chi connectivity index (χ0n) is 33.6. The minimum Gasteiger partial charge on any atom is -0.460 e. The van der Waals surface area contributed by atoms with Crippen LogP contribution in [0.1, 0.15) is 147 Å². The van der Waals surface area contributed by atoms with E-state index in [0.717, 1.165) is 44.9 Å². The number of nitrogens with one attached hydrogen (secondary N) is 1. The number of alkyl carbamates (subject to hydrolysis) is 1. The number of fused-ring (bicyclic) bond motifs is 2. The zero-order chi connectivity index (χ0) is 37.9. The zero-order valence-corrected chi connectivity index (χ0v) is 33.6. The van der Waals surface area contributed by atoms with Crippen molar-refractivity contribution in [2.24, 2.45) is 56.7 Å². The Bertz CT molecular complexity index is 1450. The van der Waals surface area contributed by atoms with Gasteiger partial charge in [0, 0.05) is 30.1 Å². The minimum absolute atomic E-state index is 0.00616. The summed E-state index contributed by atoms with van der Waals surface area (Å²) < 4.78 is 19.0. The Morgan fingerprint density at radius 2 is 1.65 bits per heavy atom. The molecular formula is C42H67NO8. The summed E-state index contributed by atoms with van der Waals surface area (Å²) in [6.45, 7) is 23.9. The molecule has 5 saturated carbocycles. The van der Waals surface area contributed by atoms with Crippen LogP contribution in [0.4, 0.5) is 4.79 Å². The molecule has 6 fully saturated rings. The fourth-order valence-electron chi connectivity index (χ4n) is 13.6. The molecule has 51 heavy (non-hydrogen) atoms. The highest BCUT2D eigenvalue weighted by Crippen LogP contribution is 2.89. The average Bonchev–Trinajstić information content (AvgIpc) is 3.39. The van der Waals surface area contributed by atoms with Crippen LogP contribution < -0.4 is 5.32 Å². The highest BCUT2D eigenvalue weighted by Gasteiger charge is 2.85. The second-order valence-corrected chi connectivity index (χ2v) is 20.5. The minimum atomic E-state index is -0.908. The predicted octanol–water partition coefficient (Wildman–Crippen LogP) is 7.59. The van der Waals surface area contributed by atoms with Crippen molar-refractivity contribution in [3.05, 3.63) is 0 Å². The van der Waals surface area contributed by atoms with Crippen molar-refractivity contribution in [2.75, 3.05) is 0 Å². The van der Waals surface area contributed by atoms with Gasteiger partial charge in [-0.2, -0.15) is 0 Å². The van der Waals surface area contributed by atoms with Crippen LogP contribution in [0.2, 0.25) is 0 Å². The van der Waals surface area contributed by atoms with Gasteiger partial charge in [0.25, 0.3) is 0 Å². The molecule has 6 aliphatic rings. The van der Waals surface area contributed by atoms with Gasteiger partial charge in [-0.15, -0.1) is 0 Å². The van der Waals surface area contributed by atoms with Crippen LogP contribution in [0, 0.1) is 56.7 Å². The quantitative estimate of drug-likeness (QED) is 0.247. The van der Waals surface area contributed by atoms with Crippen LogP contribution in [0.3, 0.4) is 0 Å². The van der Waals surface area contributed by atoms with Crippen LogP contribution in [-0.2, 0) is 28.6 Å². The maximum atomic E-state index is 14.6. The molecule has 288 valence electrons. The molecule has 2 N–H and O–H groups in total. The third-order valence-electron chi connectivity index (χ3n) is 15.9. The fraction of sp³-hybridized carbons (Fsp3) is 0.905. The number of ether oxygens (including phenoxy) is 3. The summed E-state index contributed by atoms with van der Waals surface area (Å²) in [6, 6.07) is -0.908. The van der Waals surface area contributed by atoms with Crippen molar-refractivity contribution in [1.82, 2.24) is 5.32 Å². The van der Waals surface area contributed by atoms with E-state index in [2.05, 4.69) is 33.0 Å². The normalized spacial score (nSPS) is 44.4. The van der Waals surface area contributed by atoms with E-state index in [-0.39, 0.29) is 68.9 Å². The van der Waals surface area contributed by atoms with Crippen LogP contribution in [0.25, 0.3) is 0 Å². The van der Waals surface area contributed by atoms with Crippen molar-refractivity contribution in [3.8, 4) is 0 Å². The van der Waals surface area contributed by atoms with Gasteiger partial charge in [-0.05, 0) is 119 Å². The Morgan fingerprint density at radius 3 is 2.24 bits per heavy atom. The second-order valence-electron chi connectivity index (χ2n) is 20.5. The number of carbonyl (C=O) groups excluding carboxylic acids is 4. The van der Waals surface area contributed by atoms with Crippen LogP contribution in [0.15, 0.2) is 0 Å². The smallest absolute Gasteiger partial charge is 0.408 e. The first-order valence-electron chi connectivity index (χ1n) is 20.0. The van der Waals surface area contributed by atoms with Crippen molar-refractivity contribution in [2.45, 2.75) is 183 Å². The molecule has 9 heteroatoms. The first kappa shape index (κ1) is 38.7. The summed E-state index contributed by atoms with van der Waals surface area (Å²) in [6.07, 6.45) is 6.02. The maximum absolute atomic E-state index is 14.6. The standard InChI is InChI=1S/C42H67NO8/c1-13-25(24(4)44)27-14-16-40(12,50-27)32-26(45)21-39(11)29-20-28(49-34(47)31(23(2)3)43-35(48)51-36(5,6)7)33-37(8,9)30(46)15-17-42(33)22-41(29,42)19-18-38(32,39)10/h23-25,27-29,31-33,44H,13-22H2,1-12H3,(H,43,48). The van der Waals surface area contributed by atoms with Gasteiger partial charge < -0.3 is 24.6 Å². The summed E-state index contributed by atoms with van der Waals surface area (Å²) in [5.41, 5.74) is -2.80. The highest BCUT2D eigenvalue weighted by atomic mass is 16.6. The largest absolute Gasteiger partial charge is 0.460 e. The van der Waals surface area contributed by atoms with Gasteiger partial charge in [-0.1, -0.05) is 48.5 Å². The third-order valence-corrected chi connectivity index (χ3v) is 15.9. The molecule has 1 heterocycles. The molecule has 0 radical (unpaired) electrons. The lowest BCUT2D eigenvalue weighted by molar-refractivity contribution is -0.206. The number of ketones is 2. The molecule has 13 unspecified atom stereocenters. The Balaban J connectivity index is 1.34. The molecule has 0 aromatic rings. The van der Waals surface area contributed by atoms with Crippen molar-refractivity contribution < 1.29 is 38.5 Å². The fourth-order valence-corrected chi connectivity index (χ4v) is 13.6. The summed E-state index contributed by atoms with van der Waals surface area (Å²) in [5, 5.41) is 13.3. The number of rotatable bonds is 8. The number of amides is 1. The van der Waals surface area contributed by atoms with E-state index in [9.17, 15) is 24.3 Å². The molecule has 1 saturated heterocycles. The maximum Gasteiger partial charge on any atom is 0.408 e. The van der Waals surface area contributed by atoms with Gasteiger partial charge in [-0.3, -0.25) is 9.59 Å². The molecule has 5 aliphatic carbocycles. The van der Waals surface area contributed by atoms with Gasteiger partial charge >= 0.3 is 12.1 Å². The summed E-state index contributed by atoms with van der Waals surface area (Å²) in [7, 11) is 0. The van der Waals surface area contributed by atoms with E-state index < -0.39 is 46.9 Å². The van der Waals surface area contributed by atoms with Crippen LogP contribution in [0.5, 0.6) is 0 Å². The number of hydrogen-bond acceptors (Lipinski definition) is 8. The first-order chi connectivity index (χ1) is 23.4. The van der Waals surface area contributed by atoms with Gasteiger partial charge in [0.15, 0.2) is 0 Å². The molecule has 13 atom stereocenters. The van der Waals surface area contributed by atoms with E-state index in [1.807, 2.05) is 34.6 Å². The highest BCUT2D eigenvalue weighted by molar-refractivity contribution is 5.88. The van der Waals surface area contributed by atoms with E-state index in [1.165, 1.54) is 0 Å². The lowest BCUT2D eigenvalue weighted by Gasteiger charge is -2.63. The van der Waals surface area contributed by atoms with E-state index in [1.54, 1.807) is 20.8 Å². The molecule has 1 aliphatic heterocycles. The molecule has 1 amide bonds. The summed E-state index contributed by atoms with van der Waals surface area (Å²) >= 11 is 0. The monoisotopic (exact) mass is 713 g/mol. The number of Topliss-reactive ketones (excluding diaryl/α,β-unsaturated/α-hetero) is 2. The molecule has 9 nitrogen and oxygen atoms in total. The molecule has 0 aromatic carbocycles. The number of hydrogen-bond donors (Lipinski definition) is 2. The van der Waals surface area contributed by atoms with Gasteiger partial charge in [0.05, 0.1) is 23.7 Å². The van der Waals surface area contributed by atoms with Crippen LogP contribution in [-0.4, -0.2) is 64.3 Å². The lowest BCUT2D eigenvalue weighted by Crippen LogP contribution is -2.62. The Morgan fingerprint density at radius 1 is 0.980 bits per heavy atom.